The molecule has 2 aliphatic rings. The number of aryl methyl sites for hydroxylation is 2. The van der Waals surface area contributed by atoms with E-state index in [-0.39, 0.29) is 23.2 Å². The lowest BCUT2D eigenvalue weighted by molar-refractivity contribution is 0.0677. The van der Waals surface area contributed by atoms with Gasteiger partial charge >= 0.3 is 0 Å². The number of hydrogen-bond acceptors (Lipinski definition) is 7. The maximum Gasteiger partial charge on any atom is 0.273 e. The first-order valence-corrected chi connectivity index (χ1v) is 13.7. The highest BCUT2D eigenvalue weighted by Gasteiger charge is 2.48. The number of fused-ring (bicyclic) bond motifs is 1. The Morgan fingerprint density at radius 2 is 1.92 bits per heavy atom. The second-order valence-corrected chi connectivity index (χ2v) is 11.6. The number of carbonyl (C=O) groups is 1. The topological polar surface area (TPSA) is 122 Å². The van der Waals surface area contributed by atoms with E-state index in [1.807, 2.05) is 39.0 Å². The van der Waals surface area contributed by atoms with E-state index < -0.39 is 21.9 Å². The number of aromatic nitrogens is 2. The Morgan fingerprint density at radius 1 is 1.17 bits per heavy atom. The number of phenolic OH excluding ortho intramolecular Hbond substituents is 1. The van der Waals surface area contributed by atoms with Gasteiger partial charge in [-0.3, -0.25) is 9.89 Å². The molecular formula is C26H29N3O6S. The van der Waals surface area contributed by atoms with Crippen LogP contribution in [0, 0.1) is 13.8 Å². The van der Waals surface area contributed by atoms with Crippen LogP contribution in [0.1, 0.15) is 52.1 Å². The van der Waals surface area contributed by atoms with E-state index in [1.54, 1.807) is 24.1 Å². The van der Waals surface area contributed by atoms with Crippen LogP contribution in [0.25, 0.3) is 11.3 Å². The van der Waals surface area contributed by atoms with Crippen molar-refractivity contribution in [2.24, 2.45) is 0 Å². The summed E-state index contributed by atoms with van der Waals surface area (Å²) in [4.78, 5) is 15.3. The highest BCUT2D eigenvalue weighted by atomic mass is 32.2. The maximum absolute atomic E-state index is 13.7. The van der Waals surface area contributed by atoms with Gasteiger partial charge in [0.15, 0.2) is 21.3 Å². The summed E-state index contributed by atoms with van der Waals surface area (Å²) in [6.45, 7) is 6.20. The van der Waals surface area contributed by atoms with Crippen molar-refractivity contribution >= 4 is 15.7 Å². The van der Waals surface area contributed by atoms with Crippen LogP contribution in [0.5, 0.6) is 17.2 Å². The lowest BCUT2D eigenvalue weighted by Gasteiger charge is -2.31. The largest absolute Gasteiger partial charge is 0.507 e. The molecule has 2 aromatic carbocycles. The van der Waals surface area contributed by atoms with Gasteiger partial charge in [0.05, 0.1) is 31.3 Å². The summed E-state index contributed by atoms with van der Waals surface area (Å²) < 4.78 is 35.9. The maximum atomic E-state index is 13.7. The number of rotatable bonds is 6. The van der Waals surface area contributed by atoms with E-state index in [9.17, 15) is 18.3 Å². The number of sulfone groups is 1. The van der Waals surface area contributed by atoms with Crippen LogP contribution >= 0.6 is 0 Å². The summed E-state index contributed by atoms with van der Waals surface area (Å²) in [5.74, 6) is 0.774. The average molecular weight is 512 g/mol. The van der Waals surface area contributed by atoms with E-state index in [1.165, 1.54) is 0 Å². The SMILES string of the molecule is CCOc1ccc(C2c3c(-c4cc(C)c(C)cc4O)n[nH]c3C(=O)N2C2CCS(=O)(=O)C2)cc1OC. The third-order valence-electron chi connectivity index (χ3n) is 7.08. The van der Waals surface area contributed by atoms with Crippen LogP contribution in [0.15, 0.2) is 30.3 Å². The van der Waals surface area contributed by atoms with Gasteiger partial charge in [0, 0.05) is 17.2 Å². The first-order chi connectivity index (χ1) is 17.1. The Labute approximate surface area is 210 Å². The minimum Gasteiger partial charge on any atom is -0.507 e. The van der Waals surface area contributed by atoms with Crippen LogP contribution in [0.2, 0.25) is 0 Å². The molecule has 1 amide bonds. The molecule has 0 aliphatic carbocycles. The van der Waals surface area contributed by atoms with Crippen LogP contribution in [0.3, 0.4) is 0 Å². The zero-order valence-corrected chi connectivity index (χ0v) is 21.5. The fourth-order valence-electron chi connectivity index (χ4n) is 5.19. The van der Waals surface area contributed by atoms with Crippen LogP contribution in [-0.2, 0) is 9.84 Å². The van der Waals surface area contributed by atoms with Crippen LogP contribution < -0.4 is 9.47 Å². The van der Waals surface area contributed by atoms with Crippen molar-refractivity contribution in [3.05, 3.63) is 58.3 Å². The zero-order valence-electron chi connectivity index (χ0n) is 20.7. The minimum absolute atomic E-state index is 0.0394. The number of H-pyrrole nitrogens is 1. The van der Waals surface area contributed by atoms with Crippen molar-refractivity contribution in [1.82, 2.24) is 15.1 Å². The lowest BCUT2D eigenvalue weighted by atomic mass is 9.93. The number of phenols is 1. The van der Waals surface area contributed by atoms with Gasteiger partial charge in [0.1, 0.15) is 17.1 Å². The highest BCUT2D eigenvalue weighted by Crippen LogP contribution is 2.48. The molecule has 0 spiro atoms. The molecular weight excluding hydrogens is 482 g/mol. The van der Waals surface area contributed by atoms with Gasteiger partial charge in [0.2, 0.25) is 0 Å². The van der Waals surface area contributed by atoms with Crippen LogP contribution in [-0.4, -0.2) is 65.8 Å². The summed E-state index contributed by atoms with van der Waals surface area (Å²) in [5.41, 5.74) is 4.51. The number of amides is 1. The zero-order chi connectivity index (χ0) is 25.8. The molecule has 1 fully saturated rings. The first kappa shape index (κ1) is 24.2. The number of aromatic amines is 1. The van der Waals surface area contributed by atoms with Crippen molar-refractivity contribution < 1.29 is 27.8 Å². The van der Waals surface area contributed by atoms with Crippen molar-refractivity contribution in [3.8, 4) is 28.5 Å². The molecule has 36 heavy (non-hydrogen) atoms. The molecule has 1 aromatic heterocycles. The highest BCUT2D eigenvalue weighted by molar-refractivity contribution is 7.91. The van der Waals surface area contributed by atoms with Crippen molar-refractivity contribution in [2.45, 2.75) is 39.3 Å². The Morgan fingerprint density at radius 3 is 2.58 bits per heavy atom. The number of nitrogens with one attached hydrogen (secondary N) is 1. The molecule has 2 unspecified atom stereocenters. The Kier molecular flexibility index (Phi) is 5.94. The van der Waals surface area contributed by atoms with Gasteiger partial charge in [-0.15, -0.1) is 0 Å². The molecule has 2 N–H and O–H groups in total. The Balaban J connectivity index is 1.71. The Hall–Kier alpha value is -3.53. The van der Waals surface area contributed by atoms with E-state index >= 15 is 0 Å². The van der Waals surface area contributed by atoms with Gasteiger partial charge in [-0.2, -0.15) is 5.10 Å². The van der Waals surface area contributed by atoms with Crippen molar-refractivity contribution in [3.63, 3.8) is 0 Å². The minimum atomic E-state index is -3.24. The van der Waals surface area contributed by atoms with Gasteiger partial charge in [0.25, 0.3) is 5.91 Å². The van der Waals surface area contributed by atoms with E-state index in [2.05, 4.69) is 10.2 Å². The molecule has 0 saturated carbocycles. The fourth-order valence-corrected chi connectivity index (χ4v) is 6.90. The predicted octanol–water partition coefficient (Wildman–Crippen LogP) is 3.54. The third kappa shape index (κ3) is 3.89. The standard InChI is InChI=1S/C26H29N3O6S/c1-5-35-20-7-6-16(12-21(20)34-4)25-22-23(18-10-14(2)15(3)11-19(18)30)27-28-24(22)26(31)29(25)17-8-9-36(32,33)13-17/h6-7,10-12,17,25,30H,5,8-9,13H2,1-4H3,(H,27,28). The lowest BCUT2D eigenvalue weighted by Crippen LogP contribution is -2.40. The quantitative estimate of drug-likeness (QED) is 0.519. The molecule has 3 aromatic rings. The number of hydrogen-bond donors (Lipinski definition) is 2. The number of benzene rings is 2. The third-order valence-corrected chi connectivity index (χ3v) is 8.83. The van der Waals surface area contributed by atoms with Crippen LogP contribution in [0.4, 0.5) is 0 Å². The second kappa shape index (κ2) is 8.85. The van der Waals surface area contributed by atoms with Crippen molar-refractivity contribution in [1.29, 1.82) is 0 Å². The number of carbonyl (C=O) groups excluding carboxylic acids is 1. The summed E-state index contributed by atoms with van der Waals surface area (Å²) in [5, 5.41) is 18.1. The monoisotopic (exact) mass is 511 g/mol. The number of methoxy groups -OCH3 is 1. The van der Waals surface area contributed by atoms with E-state index in [0.717, 1.165) is 16.7 Å². The number of aromatic hydroxyl groups is 1. The second-order valence-electron chi connectivity index (χ2n) is 9.33. The summed E-state index contributed by atoms with van der Waals surface area (Å²) in [6.07, 6.45) is 0.362. The molecule has 9 nitrogen and oxygen atoms in total. The summed E-state index contributed by atoms with van der Waals surface area (Å²) in [7, 11) is -1.70. The number of ether oxygens (including phenoxy) is 2. The average Bonchev–Trinajstić information content (AvgIpc) is 3.50. The van der Waals surface area contributed by atoms with Crippen molar-refractivity contribution in [2.75, 3.05) is 25.2 Å². The first-order valence-electron chi connectivity index (χ1n) is 11.9. The molecule has 190 valence electrons. The van der Waals surface area contributed by atoms with E-state index in [4.69, 9.17) is 9.47 Å². The van der Waals surface area contributed by atoms with E-state index in [0.29, 0.717) is 47.0 Å². The molecule has 3 heterocycles. The molecule has 2 atom stereocenters. The number of nitrogens with zero attached hydrogens (tertiary/aromatic N) is 2. The molecule has 0 bridgehead atoms. The van der Waals surface area contributed by atoms with Gasteiger partial charge in [-0.05, 0) is 68.1 Å². The van der Waals surface area contributed by atoms with Gasteiger partial charge < -0.3 is 19.5 Å². The molecule has 10 heteroatoms. The smallest absolute Gasteiger partial charge is 0.273 e. The summed E-state index contributed by atoms with van der Waals surface area (Å²) >= 11 is 0. The molecule has 5 rings (SSSR count). The van der Waals surface area contributed by atoms with Gasteiger partial charge in [-0.1, -0.05) is 6.07 Å². The summed E-state index contributed by atoms with van der Waals surface area (Å²) in [6, 6.07) is 7.89. The molecule has 0 radical (unpaired) electrons. The fraction of sp³-hybridized carbons (Fsp3) is 0.385. The normalized spacial score (nSPS) is 20.6. The predicted molar refractivity (Wildman–Crippen MR) is 134 cm³/mol. The molecule has 1 saturated heterocycles. The van der Waals surface area contributed by atoms with Gasteiger partial charge in [-0.25, -0.2) is 8.42 Å². The molecule has 2 aliphatic heterocycles. The Bertz CT molecular complexity index is 1460.